The summed E-state index contributed by atoms with van der Waals surface area (Å²) in [5.74, 6) is 3.82. The van der Waals surface area contributed by atoms with Gasteiger partial charge in [0.15, 0.2) is 0 Å². The molecule has 40 heavy (non-hydrogen) atoms. The molecule has 0 fully saturated rings. The van der Waals surface area contributed by atoms with Crippen LogP contribution in [-0.2, 0) is 11.2 Å². The zero-order valence-electron chi connectivity index (χ0n) is 26.9. The zero-order chi connectivity index (χ0) is 30.0. The minimum absolute atomic E-state index is 0.195. The van der Waals surface area contributed by atoms with Crippen LogP contribution in [0.15, 0.2) is 0 Å². The highest BCUT2D eigenvalue weighted by Crippen LogP contribution is 2.45. The van der Waals surface area contributed by atoms with Gasteiger partial charge in [-0.2, -0.15) is 0 Å². The van der Waals surface area contributed by atoms with Crippen molar-refractivity contribution in [2.45, 2.75) is 151 Å². The second-order valence-corrected chi connectivity index (χ2v) is 13.4. The highest BCUT2D eigenvalue weighted by Gasteiger charge is 2.35. The Kier molecular flexibility index (Phi) is 13.8. The first kappa shape index (κ1) is 34.4. The summed E-state index contributed by atoms with van der Waals surface area (Å²) in [6, 6.07) is 0. The van der Waals surface area contributed by atoms with Gasteiger partial charge in [-0.05, 0) is 94.7 Å². The Labute approximate surface area is 244 Å². The number of carbonyl (C=O) groups is 1. The molecule has 1 aliphatic rings. The third kappa shape index (κ3) is 10.6. The third-order valence-electron chi connectivity index (χ3n) is 8.95. The number of benzene rings is 1. The van der Waals surface area contributed by atoms with E-state index >= 15 is 0 Å². The molecule has 1 aromatic carbocycles. The molecule has 2 N–H and O–H groups in total. The molecule has 0 saturated carbocycles. The summed E-state index contributed by atoms with van der Waals surface area (Å²) in [5, 5.41) is 19.1. The molecule has 0 saturated heterocycles. The van der Waals surface area contributed by atoms with E-state index in [-0.39, 0.29) is 12.2 Å². The van der Waals surface area contributed by atoms with Crippen molar-refractivity contribution < 1.29 is 29.2 Å². The van der Waals surface area contributed by atoms with Crippen molar-refractivity contribution in [3.05, 3.63) is 22.3 Å². The molecule has 6 nitrogen and oxygen atoms in total. The monoisotopic (exact) mass is 562 g/mol. The average Bonchev–Trinajstić information content (AvgIpc) is 2.88. The molecule has 0 aliphatic carbocycles. The number of ether oxygens (including phenoxy) is 3. The van der Waals surface area contributed by atoms with Crippen LogP contribution >= 0.6 is 0 Å². The quantitative estimate of drug-likeness (QED) is 0.155. The Morgan fingerprint density at radius 1 is 0.875 bits per heavy atom. The standard InChI is InChI=1S/C34H58O6/c1-22(2)13-10-14-23(3)15-11-16-24(4)17-12-19-34(9)20-18-29-27(7)31(25(5)26(6)32(29)40-34)39-33(37)38-21-30(36)28(8)35/h22-24,28,30,35-36H,10-21H2,1-9H3. The predicted octanol–water partition coefficient (Wildman–Crippen LogP) is 8.39. The molecule has 0 amide bonds. The van der Waals surface area contributed by atoms with E-state index in [9.17, 15) is 15.0 Å². The van der Waals surface area contributed by atoms with Crippen LogP contribution in [0.2, 0.25) is 0 Å². The lowest BCUT2D eigenvalue weighted by molar-refractivity contribution is -0.0187. The molecular weight excluding hydrogens is 504 g/mol. The fourth-order valence-corrected chi connectivity index (χ4v) is 5.82. The Balaban J connectivity index is 1.87. The number of rotatable bonds is 16. The van der Waals surface area contributed by atoms with Gasteiger partial charge in [0, 0.05) is 5.56 Å². The van der Waals surface area contributed by atoms with E-state index in [0.717, 1.165) is 65.0 Å². The first-order valence-electron chi connectivity index (χ1n) is 15.8. The Morgan fingerprint density at radius 3 is 2.02 bits per heavy atom. The topological polar surface area (TPSA) is 85.2 Å². The molecule has 1 heterocycles. The van der Waals surface area contributed by atoms with Crippen LogP contribution in [-0.4, -0.2) is 40.8 Å². The third-order valence-corrected chi connectivity index (χ3v) is 8.95. The van der Waals surface area contributed by atoms with Crippen LogP contribution in [0.4, 0.5) is 4.79 Å². The number of aliphatic hydroxyl groups excluding tert-OH is 2. The lowest BCUT2D eigenvalue weighted by Crippen LogP contribution is -2.37. The second kappa shape index (κ2) is 16.0. The molecule has 0 spiro atoms. The van der Waals surface area contributed by atoms with Gasteiger partial charge < -0.3 is 24.4 Å². The lowest BCUT2D eigenvalue weighted by Gasteiger charge is -2.38. The van der Waals surface area contributed by atoms with Crippen molar-refractivity contribution in [1.29, 1.82) is 0 Å². The van der Waals surface area contributed by atoms with E-state index in [1.807, 2.05) is 20.8 Å². The zero-order valence-corrected chi connectivity index (χ0v) is 26.9. The van der Waals surface area contributed by atoms with E-state index in [1.54, 1.807) is 0 Å². The minimum Gasteiger partial charge on any atom is -0.487 e. The van der Waals surface area contributed by atoms with Gasteiger partial charge in [0.1, 0.15) is 29.8 Å². The van der Waals surface area contributed by atoms with Crippen LogP contribution in [0.3, 0.4) is 0 Å². The number of hydrogen-bond acceptors (Lipinski definition) is 6. The minimum atomic E-state index is -1.15. The molecular formula is C34H58O6. The second-order valence-electron chi connectivity index (χ2n) is 13.4. The number of hydrogen-bond donors (Lipinski definition) is 2. The van der Waals surface area contributed by atoms with Gasteiger partial charge in [-0.1, -0.05) is 72.6 Å². The molecule has 5 unspecified atom stereocenters. The van der Waals surface area contributed by atoms with Gasteiger partial charge in [0.2, 0.25) is 0 Å². The van der Waals surface area contributed by atoms with Crippen molar-refractivity contribution in [3.63, 3.8) is 0 Å². The van der Waals surface area contributed by atoms with Gasteiger partial charge in [0.25, 0.3) is 0 Å². The van der Waals surface area contributed by atoms with E-state index in [0.29, 0.717) is 5.75 Å². The SMILES string of the molecule is Cc1c(C)c2c(c(C)c1OC(=O)OCC(O)C(C)O)CCC(C)(CCCC(C)CCCC(C)CCCC(C)C)O2. The van der Waals surface area contributed by atoms with E-state index in [4.69, 9.17) is 14.2 Å². The highest BCUT2D eigenvalue weighted by molar-refractivity contribution is 5.68. The van der Waals surface area contributed by atoms with E-state index in [2.05, 4.69) is 34.6 Å². The van der Waals surface area contributed by atoms with Gasteiger partial charge in [0.05, 0.1) is 6.10 Å². The van der Waals surface area contributed by atoms with Gasteiger partial charge in [-0.3, -0.25) is 0 Å². The summed E-state index contributed by atoms with van der Waals surface area (Å²) in [6.45, 7) is 18.7. The molecule has 1 aromatic rings. The van der Waals surface area contributed by atoms with Crippen molar-refractivity contribution in [3.8, 4) is 11.5 Å². The summed E-state index contributed by atoms with van der Waals surface area (Å²) < 4.78 is 17.3. The number of fused-ring (bicyclic) bond motifs is 1. The lowest BCUT2D eigenvalue weighted by atomic mass is 9.83. The summed E-state index contributed by atoms with van der Waals surface area (Å²) >= 11 is 0. The maximum atomic E-state index is 12.3. The fraction of sp³-hybridized carbons (Fsp3) is 0.794. The van der Waals surface area contributed by atoms with Gasteiger partial charge >= 0.3 is 6.16 Å². The van der Waals surface area contributed by atoms with Gasteiger partial charge in [-0.15, -0.1) is 0 Å². The first-order valence-corrected chi connectivity index (χ1v) is 15.8. The summed E-state index contributed by atoms with van der Waals surface area (Å²) in [7, 11) is 0. The van der Waals surface area contributed by atoms with Crippen LogP contribution in [0, 0.1) is 38.5 Å². The van der Waals surface area contributed by atoms with Crippen molar-refractivity contribution in [2.75, 3.05) is 6.61 Å². The summed E-state index contributed by atoms with van der Waals surface area (Å²) in [5.41, 5.74) is 3.61. The molecule has 5 atom stereocenters. The van der Waals surface area contributed by atoms with Crippen LogP contribution in [0.5, 0.6) is 11.5 Å². The maximum Gasteiger partial charge on any atom is 0.513 e. The average molecular weight is 563 g/mol. The Hall–Kier alpha value is -1.79. The molecule has 0 bridgehead atoms. The predicted molar refractivity (Wildman–Crippen MR) is 162 cm³/mol. The summed E-state index contributed by atoms with van der Waals surface area (Å²) in [4.78, 5) is 12.3. The Morgan fingerprint density at radius 2 is 1.45 bits per heavy atom. The van der Waals surface area contributed by atoms with Crippen molar-refractivity contribution in [1.82, 2.24) is 0 Å². The summed E-state index contributed by atoms with van der Waals surface area (Å²) in [6.07, 6.45) is 10.3. The fourth-order valence-electron chi connectivity index (χ4n) is 5.82. The normalized spacial score (nSPS) is 19.9. The molecule has 0 aromatic heterocycles. The van der Waals surface area contributed by atoms with Crippen LogP contribution < -0.4 is 9.47 Å². The van der Waals surface area contributed by atoms with Crippen molar-refractivity contribution >= 4 is 6.16 Å². The van der Waals surface area contributed by atoms with E-state index < -0.39 is 18.4 Å². The maximum absolute atomic E-state index is 12.3. The smallest absolute Gasteiger partial charge is 0.487 e. The van der Waals surface area contributed by atoms with Gasteiger partial charge in [-0.25, -0.2) is 4.79 Å². The molecule has 0 radical (unpaired) electrons. The highest BCUT2D eigenvalue weighted by atomic mass is 16.7. The Bertz CT molecular complexity index is 939. The largest absolute Gasteiger partial charge is 0.513 e. The van der Waals surface area contributed by atoms with Crippen LogP contribution in [0.1, 0.15) is 128 Å². The first-order chi connectivity index (χ1) is 18.7. The number of carbonyl (C=O) groups excluding carboxylic acids is 1. The number of aliphatic hydroxyl groups is 2. The molecule has 230 valence electrons. The molecule has 1 aliphatic heterocycles. The van der Waals surface area contributed by atoms with Crippen LogP contribution in [0.25, 0.3) is 0 Å². The molecule has 6 heteroatoms. The van der Waals surface area contributed by atoms with Crippen molar-refractivity contribution in [2.24, 2.45) is 17.8 Å². The van der Waals surface area contributed by atoms with E-state index in [1.165, 1.54) is 58.3 Å². The molecule has 2 rings (SSSR count).